The van der Waals surface area contributed by atoms with Gasteiger partial charge in [-0.25, -0.2) is 0 Å². The molecule has 0 spiro atoms. The van der Waals surface area contributed by atoms with E-state index in [1.165, 1.54) is 0 Å². The highest BCUT2D eigenvalue weighted by Crippen LogP contribution is 2.10. The first-order chi connectivity index (χ1) is 8.01. The Bertz CT molecular complexity index is 242. The lowest BCUT2D eigenvalue weighted by Crippen LogP contribution is -2.37. The quantitative estimate of drug-likeness (QED) is 0.571. The van der Waals surface area contributed by atoms with Crippen LogP contribution in [0.3, 0.4) is 0 Å². The maximum absolute atomic E-state index is 11.7. The van der Waals surface area contributed by atoms with Gasteiger partial charge in [0.25, 0.3) is 0 Å². The molecule has 0 rings (SSSR count). The highest BCUT2D eigenvalue weighted by Gasteiger charge is 2.17. The zero-order valence-electron chi connectivity index (χ0n) is 11.1. The third kappa shape index (κ3) is 7.74. The van der Waals surface area contributed by atoms with Crippen molar-refractivity contribution in [2.24, 2.45) is 17.6 Å². The minimum Gasteiger partial charge on any atom is -0.356 e. The molecule has 0 aromatic heterocycles. The van der Waals surface area contributed by atoms with Gasteiger partial charge in [0.2, 0.25) is 11.8 Å². The van der Waals surface area contributed by atoms with Gasteiger partial charge in [0.05, 0.1) is 5.92 Å². The van der Waals surface area contributed by atoms with E-state index in [2.05, 4.69) is 24.5 Å². The lowest BCUT2D eigenvalue weighted by Gasteiger charge is -2.16. The van der Waals surface area contributed by atoms with Crippen LogP contribution in [-0.4, -0.2) is 31.4 Å². The summed E-state index contributed by atoms with van der Waals surface area (Å²) in [5.74, 6) is 0.202. The van der Waals surface area contributed by atoms with Crippen LogP contribution in [0.15, 0.2) is 0 Å². The zero-order chi connectivity index (χ0) is 13.3. The summed E-state index contributed by atoms with van der Waals surface area (Å²) in [7, 11) is 0. The van der Waals surface area contributed by atoms with Crippen LogP contribution in [0.4, 0.5) is 0 Å². The second-order valence-electron chi connectivity index (χ2n) is 4.56. The second-order valence-corrected chi connectivity index (χ2v) is 4.56. The largest absolute Gasteiger partial charge is 0.356 e. The van der Waals surface area contributed by atoms with Crippen molar-refractivity contribution in [3.8, 4) is 0 Å². The van der Waals surface area contributed by atoms with Crippen molar-refractivity contribution >= 4 is 11.8 Å². The first-order valence-electron chi connectivity index (χ1n) is 6.25. The van der Waals surface area contributed by atoms with E-state index in [9.17, 15) is 9.59 Å². The van der Waals surface area contributed by atoms with Crippen LogP contribution in [0, 0.1) is 11.8 Å². The van der Waals surface area contributed by atoms with Crippen LogP contribution in [0.1, 0.15) is 33.6 Å². The van der Waals surface area contributed by atoms with E-state index in [0.29, 0.717) is 32.0 Å². The van der Waals surface area contributed by atoms with E-state index < -0.39 is 0 Å². The van der Waals surface area contributed by atoms with Crippen LogP contribution in [0.25, 0.3) is 0 Å². The average molecular weight is 243 g/mol. The fourth-order valence-corrected chi connectivity index (χ4v) is 1.61. The molecule has 0 radical (unpaired) electrons. The monoisotopic (exact) mass is 243 g/mol. The summed E-state index contributed by atoms with van der Waals surface area (Å²) in [4.78, 5) is 22.9. The third-order valence-electron chi connectivity index (χ3n) is 2.44. The van der Waals surface area contributed by atoms with E-state index in [1.54, 1.807) is 0 Å². The summed E-state index contributed by atoms with van der Waals surface area (Å²) in [6.07, 6.45) is 1.10. The molecule has 5 heteroatoms. The van der Waals surface area contributed by atoms with Crippen molar-refractivity contribution in [2.75, 3.05) is 19.6 Å². The number of amides is 2. The van der Waals surface area contributed by atoms with Gasteiger partial charge in [0.1, 0.15) is 0 Å². The molecule has 0 aromatic carbocycles. The SMILES string of the molecule is CCNC(=O)CCNC(=O)C(CN)CC(C)C. The van der Waals surface area contributed by atoms with Crippen molar-refractivity contribution in [2.45, 2.75) is 33.6 Å². The molecule has 17 heavy (non-hydrogen) atoms. The molecule has 5 nitrogen and oxygen atoms in total. The molecule has 0 aliphatic heterocycles. The molecule has 0 aromatic rings. The molecule has 1 atom stereocenters. The number of carbonyl (C=O) groups excluding carboxylic acids is 2. The van der Waals surface area contributed by atoms with Gasteiger partial charge in [-0.1, -0.05) is 13.8 Å². The summed E-state index contributed by atoms with van der Waals surface area (Å²) in [5, 5.41) is 5.43. The summed E-state index contributed by atoms with van der Waals surface area (Å²) < 4.78 is 0. The molecular weight excluding hydrogens is 218 g/mol. The van der Waals surface area contributed by atoms with E-state index in [0.717, 1.165) is 6.42 Å². The van der Waals surface area contributed by atoms with Crippen LogP contribution in [0.5, 0.6) is 0 Å². The van der Waals surface area contributed by atoms with Gasteiger partial charge in [-0.15, -0.1) is 0 Å². The smallest absolute Gasteiger partial charge is 0.224 e. The van der Waals surface area contributed by atoms with Gasteiger partial charge >= 0.3 is 0 Å². The van der Waals surface area contributed by atoms with Crippen molar-refractivity contribution in [3.05, 3.63) is 0 Å². The fourth-order valence-electron chi connectivity index (χ4n) is 1.61. The lowest BCUT2D eigenvalue weighted by molar-refractivity contribution is -0.125. The molecule has 2 amide bonds. The summed E-state index contributed by atoms with van der Waals surface area (Å²) >= 11 is 0. The molecule has 0 saturated heterocycles. The van der Waals surface area contributed by atoms with Gasteiger partial charge in [0, 0.05) is 26.1 Å². The van der Waals surface area contributed by atoms with E-state index >= 15 is 0 Å². The van der Waals surface area contributed by atoms with Crippen molar-refractivity contribution < 1.29 is 9.59 Å². The Kier molecular flexibility index (Phi) is 8.40. The van der Waals surface area contributed by atoms with Gasteiger partial charge in [-0.3, -0.25) is 9.59 Å². The van der Waals surface area contributed by atoms with Crippen LogP contribution < -0.4 is 16.4 Å². The Labute approximate surface area is 104 Å². The first-order valence-corrected chi connectivity index (χ1v) is 6.25. The van der Waals surface area contributed by atoms with Crippen molar-refractivity contribution in [1.82, 2.24) is 10.6 Å². The summed E-state index contributed by atoms with van der Waals surface area (Å²) in [6, 6.07) is 0. The van der Waals surface area contributed by atoms with Gasteiger partial charge in [0.15, 0.2) is 0 Å². The third-order valence-corrected chi connectivity index (χ3v) is 2.44. The number of hydrogen-bond acceptors (Lipinski definition) is 3. The molecule has 0 aliphatic carbocycles. The van der Waals surface area contributed by atoms with Crippen LogP contribution in [0.2, 0.25) is 0 Å². The predicted molar refractivity (Wildman–Crippen MR) is 68.3 cm³/mol. The highest BCUT2D eigenvalue weighted by molar-refractivity contribution is 5.80. The molecule has 4 N–H and O–H groups in total. The van der Waals surface area contributed by atoms with Crippen molar-refractivity contribution in [1.29, 1.82) is 0 Å². The van der Waals surface area contributed by atoms with Gasteiger partial charge in [-0.05, 0) is 19.3 Å². The maximum Gasteiger partial charge on any atom is 0.224 e. The highest BCUT2D eigenvalue weighted by atomic mass is 16.2. The zero-order valence-corrected chi connectivity index (χ0v) is 11.1. The minimum absolute atomic E-state index is 0.0408. The fraction of sp³-hybridized carbons (Fsp3) is 0.833. The number of hydrogen-bond donors (Lipinski definition) is 3. The lowest BCUT2D eigenvalue weighted by atomic mass is 9.96. The Morgan fingerprint density at radius 1 is 1.24 bits per heavy atom. The Hall–Kier alpha value is -1.10. The van der Waals surface area contributed by atoms with Crippen molar-refractivity contribution in [3.63, 3.8) is 0 Å². The summed E-state index contributed by atoms with van der Waals surface area (Å²) in [6.45, 7) is 7.33. The van der Waals surface area contributed by atoms with E-state index in [-0.39, 0.29) is 17.7 Å². The predicted octanol–water partition coefficient (Wildman–Crippen LogP) is 0.250. The Morgan fingerprint density at radius 3 is 2.35 bits per heavy atom. The molecule has 0 bridgehead atoms. The average Bonchev–Trinajstić information content (AvgIpc) is 2.25. The van der Waals surface area contributed by atoms with Gasteiger partial charge < -0.3 is 16.4 Å². The molecule has 0 fully saturated rings. The maximum atomic E-state index is 11.7. The number of carbonyl (C=O) groups is 2. The molecule has 0 aliphatic rings. The molecule has 1 unspecified atom stereocenters. The first kappa shape index (κ1) is 15.9. The number of nitrogens with two attached hydrogens (primary N) is 1. The normalized spacial score (nSPS) is 12.3. The van der Waals surface area contributed by atoms with Gasteiger partial charge in [-0.2, -0.15) is 0 Å². The topological polar surface area (TPSA) is 84.2 Å². The number of rotatable bonds is 8. The Morgan fingerprint density at radius 2 is 1.88 bits per heavy atom. The van der Waals surface area contributed by atoms with Crippen LogP contribution in [-0.2, 0) is 9.59 Å². The summed E-state index contributed by atoms with van der Waals surface area (Å²) in [5.41, 5.74) is 5.56. The minimum atomic E-state index is -0.149. The molecule has 100 valence electrons. The standard InChI is InChI=1S/C12H25N3O2/c1-4-14-11(16)5-6-15-12(17)10(8-13)7-9(2)3/h9-10H,4-8,13H2,1-3H3,(H,14,16)(H,15,17). The molecular formula is C12H25N3O2. The second kappa shape index (κ2) is 8.98. The molecule has 0 saturated carbocycles. The Balaban J connectivity index is 3.86. The van der Waals surface area contributed by atoms with E-state index in [1.807, 2.05) is 6.92 Å². The number of nitrogens with one attached hydrogen (secondary N) is 2. The van der Waals surface area contributed by atoms with E-state index in [4.69, 9.17) is 5.73 Å². The van der Waals surface area contributed by atoms with Crippen LogP contribution >= 0.6 is 0 Å². The molecule has 0 heterocycles.